The average molecular weight is 386 g/mol. The van der Waals surface area contributed by atoms with Crippen molar-refractivity contribution in [2.24, 2.45) is 0 Å². The molecule has 0 aliphatic heterocycles. The normalized spacial score (nSPS) is 17.0. The van der Waals surface area contributed by atoms with Crippen LogP contribution >= 0.6 is 0 Å². The predicted octanol–water partition coefficient (Wildman–Crippen LogP) is 1.81. The lowest BCUT2D eigenvalue weighted by Crippen LogP contribution is -3.12. The van der Waals surface area contributed by atoms with Gasteiger partial charge in [0.15, 0.2) is 18.8 Å². The van der Waals surface area contributed by atoms with Crippen molar-refractivity contribution in [3.05, 3.63) is 24.3 Å². The average Bonchev–Trinajstić information content (AvgIpc) is 3.40. The van der Waals surface area contributed by atoms with Crippen molar-refractivity contribution in [2.75, 3.05) is 20.1 Å². The first-order chi connectivity index (χ1) is 13.6. The highest BCUT2D eigenvalue weighted by Crippen LogP contribution is 2.32. The monoisotopic (exact) mass is 386 g/mol. The highest BCUT2D eigenvalue weighted by molar-refractivity contribution is 5.78. The van der Waals surface area contributed by atoms with Gasteiger partial charge in [-0.25, -0.2) is 0 Å². The number of furan rings is 1. The summed E-state index contributed by atoms with van der Waals surface area (Å²) in [6.45, 7) is 3.64. The number of amides is 1. The second kappa shape index (κ2) is 9.02. The summed E-state index contributed by atoms with van der Waals surface area (Å²) in [5.41, 5.74) is -0.663. The van der Waals surface area contributed by atoms with Gasteiger partial charge in [0, 0.05) is 7.05 Å². The van der Waals surface area contributed by atoms with Crippen LogP contribution in [0.2, 0.25) is 0 Å². The molecule has 3 rings (SSSR count). The van der Waals surface area contributed by atoms with Gasteiger partial charge in [0.1, 0.15) is 5.54 Å². The molecule has 2 heterocycles. The van der Waals surface area contributed by atoms with Crippen LogP contribution in [-0.4, -0.2) is 46.7 Å². The molecule has 0 radical (unpaired) electrons. The molecule has 8 nitrogen and oxygen atoms in total. The summed E-state index contributed by atoms with van der Waals surface area (Å²) < 4.78 is 11.0. The zero-order chi connectivity index (χ0) is 20.0. The van der Waals surface area contributed by atoms with Gasteiger partial charge in [0.25, 0.3) is 17.7 Å². The molecule has 1 aliphatic carbocycles. The van der Waals surface area contributed by atoms with Gasteiger partial charge < -0.3 is 18.6 Å². The highest BCUT2D eigenvalue weighted by Gasteiger charge is 2.39. The van der Waals surface area contributed by atoms with Crippen molar-refractivity contribution in [3.63, 3.8) is 0 Å². The lowest BCUT2D eigenvalue weighted by Gasteiger charge is -2.39. The van der Waals surface area contributed by atoms with Crippen molar-refractivity contribution in [2.45, 2.75) is 57.5 Å². The molecule has 8 heteroatoms. The first kappa shape index (κ1) is 20.1. The molecule has 2 aromatic heterocycles. The van der Waals surface area contributed by atoms with Crippen LogP contribution in [0, 0.1) is 11.3 Å². The van der Waals surface area contributed by atoms with Crippen LogP contribution in [0.15, 0.2) is 27.2 Å². The molecule has 0 saturated heterocycles. The quantitative estimate of drug-likeness (QED) is 0.743. The summed E-state index contributed by atoms with van der Waals surface area (Å²) in [4.78, 5) is 15.7. The number of hydrogen-bond donors (Lipinski definition) is 1. The summed E-state index contributed by atoms with van der Waals surface area (Å²) in [5.74, 6) is 1.32. The van der Waals surface area contributed by atoms with Gasteiger partial charge >= 0.3 is 0 Å². The van der Waals surface area contributed by atoms with Crippen LogP contribution in [0.3, 0.4) is 0 Å². The molecule has 0 aromatic carbocycles. The Hall–Kier alpha value is -2.66. The van der Waals surface area contributed by atoms with Crippen LogP contribution in [0.1, 0.15) is 51.3 Å². The van der Waals surface area contributed by atoms with E-state index in [1.165, 1.54) is 0 Å². The first-order valence-electron chi connectivity index (χ1n) is 9.95. The maximum atomic E-state index is 12.9. The maximum Gasteiger partial charge on any atom is 0.283 e. The number of carbonyl (C=O) groups is 1. The van der Waals surface area contributed by atoms with E-state index in [2.05, 4.69) is 23.2 Å². The molecule has 1 atom stereocenters. The molecule has 1 aliphatic rings. The van der Waals surface area contributed by atoms with Crippen LogP contribution in [0.5, 0.6) is 0 Å². The summed E-state index contributed by atoms with van der Waals surface area (Å²) >= 11 is 0. The fraction of sp³-hybridized carbons (Fsp3) is 0.600. The van der Waals surface area contributed by atoms with E-state index in [1.54, 1.807) is 30.3 Å². The number of carbonyl (C=O) groups excluding carboxylic acids is 1. The molecule has 1 N–H and O–H groups in total. The smallest absolute Gasteiger partial charge is 0.283 e. The van der Waals surface area contributed by atoms with Crippen LogP contribution < -0.4 is 4.90 Å². The van der Waals surface area contributed by atoms with E-state index in [4.69, 9.17) is 8.83 Å². The molecular weight excluding hydrogens is 358 g/mol. The second-order valence-electron chi connectivity index (χ2n) is 7.49. The Kier molecular flexibility index (Phi) is 6.47. The Labute approximate surface area is 165 Å². The van der Waals surface area contributed by atoms with Gasteiger partial charge in [-0.3, -0.25) is 4.79 Å². The van der Waals surface area contributed by atoms with Gasteiger partial charge in [-0.05, 0) is 31.4 Å². The molecular formula is C20H28N5O3+. The largest absolute Gasteiger partial charge is 0.459 e. The number of likely N-dealkylation sites (N-methyl/N-ethyl adjacent to an activating group) is 1. The number of aromatic nitrogens is 2. The van der Waals surface area contributed by atoms with Gasteiger partial charge in [0.2, 0.25) is 0 Å². The third-order valence-electron chi connectivity index (χ3n) is 5.51. The van der Waals surface area contributed by atoms with E-state index >= 15 is 0 Å². The molecule has 0 spiro atoms. The fourth-order valence-electron chi connectivity index (χ4n) is 3.86. The van der Waals surface area contributed by atoms with E-state index in [1.807, 2.05) is 0 Å². The zero-order valence-corrected chi connectivity index (χ0v) is 16.6. The summed E-state index contributed by atoms with van der Waals surface area (Å²) in [7, 11) is 1.77. The van der Waals surface area contributed by atoms with E-state index in [0.29, 0.717) is 30.6 Å². The fourth-order valence-corrected chi connectivity index (χ4v) is 3.86. The van der Waals surface area contributed by atoms with Gasteiger partial charge in [-0.2, -0.15) is 5.26 Å². The molecule has 1 fully saturated rings. The van der Waals surface area contributed by atoms with Crippen molar-refractivity contribution in [1.82, 2.24) is 15.1 Å². The first-order valence-corrected chi connectivity index (χ1v) is 9.95. The molecule has 2 aromatic rings. The number of hydrogen-bond acceptors (Lipinski definition) is 6. The number of quaternary nitrogens is 1. The second-order valence-corrected chi connectivity index (χ2v) is 7.49. The lowest BCUT2D eigenvalue weighted by molar-refractivity contribution is -0.907. The molecule has 0 bridgehead atoms. The Balaban J connectivity index is 1.65. The Morgan fingerprint density at radius 1 is 1.36 bits per heavy atom. The van der Waals surface area contributed by atoms with Gasteiger partial charge in [-0.1, -0.05) is 26.2 Å². The summed E-state index contributed by atoms with van der Waals surface area (Å²) in [6.07, 6.45) is 7.11. The molecule has 1 unspecified atom stereocenters. The molecule has 28 heavy (non-hydrogen) atoms. The molecule has 150 valence electrons. The van der Waals surface area contributed by atoms with E-state index in [-0.39, 0.29) is 5.91 Å². The minimum atomic E-state index is -0.663. The Morgan fingerprint density at radius 2 is 2.14 bits per heavy atom. The third kappa shape index (κ3) is 4.42. The summed E-state index contributed by atoms with van der Waals surface area (Å²) in [6, 6.07) is 5.94. The molecule has 1 saturated carbocycles. The Morgan fingerprint density at radius 3 is 2.79 bits per heavy atom. The molecule has 1 amide bonds. The van der Waals surface area contributed by atoms with Gasteiger partial charge in [-0.15, -0.1) is 10.2 Å². The number of nitriles is 1. The van der Waals surface area contributed by atoms with Crippen LogP contribution in [-0.2, 0) is 11.3 Å². The van der Waals surface area contributed by atoms with Crippen molar-refractivity contribution >= 4 is 5.91 Å². The van der Waals surface area contributed by atoms with E-state index < -0.39 is 5.54 Å². The third-order valence-corrected chi connectivity index (χ3v) is 5.51. The standard InChI is InChI=1S/C20H27N5O3/c1-3-11-25(13-17-22-23-19(28-17)16-8-7-12-27-16)14-18(26)24(2)20(15-21)9-5-4-6-10-20/h7-8,12H,3-6,9-11,13-14H2,1-2H3/p+1. The highest BCUT2D eigenvalue weighted by atomic mass is 16.4. The number of nitrogens with zero attached hydrogens (tertiary/aromatic N) is 4. The van der Waals surface area contributed by atoms with E-state index in [9.17, 15) is 10.1 Å². The lowest BCUT2D eigenvalue weighted by atomic mass is 9.81. The number of rotatable bonds is 8. The zero-order valence-electron chi connectivity index (χ0n) is 16.6. The topological polar surface area (TPSA) is 101 Å². The maximum absolute atomic E-state index is 12.9. The van der Waals surface area contributed by atoms with Crippen LogP contribution in [0.4, 0.5) is 0 Å². The van der Waals surface area contributed by atoms with E-state index in [0.717, 1.165) is 50.0 Å². The minimum absolute atomic E-state index is 0.0160. The number of nitrogens with one attached hydrogen (secondary N) is 1. The van der Waals surface area contributed by atoms with Crippen molar-refractivity contribution in [3.8, 4) is 17.7 Å². The van der Waals surface area contributed by atoms with Crippen LogP contribution in [0.25, 0.3) is 11.7 Å². The van der Waals surface area contributed by atoms with Gasteiger partial charge in [0.05, 0.1) is 18.9 Å². The Bertz CT molecular complexity index is 802. The van der Waals surface area contributed by atoms with Crippen molar-refractivity contribution < 1.29 is 18.5 Å². The summed E-state index contributed by atoms with van der Waals surface area (Å²) in [5, 5.41) is 17.8. The SMILES string of the molecule is CCC[NH+](CC(=O)N(C)C1(C#N)CCCCC1)Cc1nnc(-c2ccco2)o1. The van der Waals surface area contributed by atoms with Crippen molar-refractivity contribution in [1.29, 1.82) is 5.26 Å². The minimum Gasteiger partial charge on any atom is -0.459 e. The predicted molar refractivity (Wildman–Crippen MR) is 101 cm³/mol.